The molecule has 0 atom stereocenters. The number of hydrogen-bond acceptors (Lipinski definition) is 2. The van der Waals surface area contributed by atoms with Gasteiger partial charge in [-0.25, -0.2) is 0 Å². The van der Waals surface area contributed by atoms with Crippen LogP contribution in [-0.2, 0) is 6.42 Å². The van der Waals surface area contributed by atoms with E-state index in [0.717, 1.165) is 15.9 Å². The summed E-state index contributed by atoms with van der Waals surface area (Å²) < 4.78 is 1.08. The molecule has 4 heteroatoms. The zero-order chi connectivity index (χ0) is 13.0. The third-order valence-electron chi connectivity index (χ3n) is 2.48. The lowest BCUT2D eigenvalue weighted by molar-refractivity contribution is 0.943. The van der Waals surface area contributed by atoms with Gasteiger partial charge in [0.2, 0.25) is 0 Å². The molecule has 0 unspecified atom stereocenters. The van der Waals surface area contributed by atoms with Gasteiger partial charge in [-0.15, -0.1) is 0 Å². The van der Waals surface area contributed by atoms with E-state index in [1.54, 1.807) is 11.8 Å². The Hall–Kier alpha value is -0.480. The van der Waals surface area contributed by atoms with Crippen LogP contribution in [0.25, 0.3) is 0 Å². The molecule has 2 aromatic rings. The molecule has 2 rings (SSSR count). The van der Waals surface area contributed by atoms with Crippen molar-refractivity contribution in [1.82, 2.24) is 0 Å². The molecule has 2 aromatic carbocycles. The molecule has 0 heterocycles. The maximum atomic E-state index is 5.89. The lowest BCUT2D eigenvalue weighted by Gasteiger charge is -2.09. The first-order valence-corrected chi connectivity index (χ1v) is 7.59. The molecule has 0 saturated carbocycles. The largest absolute Gasteiger partial charge is 0.330 e. The zero-order valence-corrected chi connectivity index (χ0v) is 12.9. The Morgan fingerprint density at radius 3 is 2.50 bits per heavy atom. The molecule has 94 valence electrons. The first-order valence-electron chi connectivity index (χ1n) is 5.61. The molecule has 18 heavy (non-hydrogen) atoms. The average Bonchev–Trinajstić information content (AvgIpc) is 2.36. The maximum absolute atomic E-state index is 5.89. The molecular weight excluding hydrogens is 330 g/mol. The third-order valence-corrected chi connectivity index (χ3v) is 4.34. The van der Waals surface area contributed by atoms with E-state index >= 15 is 0 Å². The summed E-state index contributed by atoms with van der Waals surface area (Å²) in [6, 6.07) is 14.2. The van der Waals surface area contributed by atoms with Crippen molar-refractivity contribution in [3.63, 3.8) is 0 Å². The van der Waals surface area contributed by atoms with Crippen LogP contribution in [-0.4, -0.2) is 6.54 Å². The fourth-order valence-electron chi connectivity index (χ4n) is 1.62. The minimum absolute atomic E-state index is 0.663. The van der Waals surface area contributed by atoms with Crippen LogP contribution in [0.4, 0.5) is 0 Å². The summed E-state index contributed by atoms with van der Waals surface area (Å²) in [5, 5.41) is 0.760. The lowest BCUT2D eigenvalue weighted by Crippen LogP contribution is -2.03. The highest BCUT2D eigenvalue weighted by atomic mass is 79.9. The van der Waals surface area contributed by atoms with E-state index in [0.29, 0.717) is 6.54 Å². The van der Waals surface area contributed by atoms with Gasteiger partial charge in [0.25, 0.3) is 0 Å². The Labute approximate surface area is 125 Å². The van der Waals surface area contributed by atoms with E-state index in [1.165, 1.54) is 15.4 Å². The molecular formula is C14H13BrClNS. The predicted octanol–water partition coefficient (Wildman–Crippen LogP) is 4.75. The number of hydrogen-bond donors (Lipinski definition) is 1. The van der Waals surface area contributed by atoms with Crippen LogP contribution in [0.5, 0.6) is 0 Å². The Morgan fingerprint density at radius 1 is 1.11 bits per heavy atom. The topological polar surface area (TPSA) is 26.0 Å². The van der Waals surface area contributed by atoms with Gasteiger partial charge in [-0.3, -0.25) is 0 Å². The van der Waals surface area contributed by atoms with Crippen LogP contribution in [0.2, 0.25) is 5.02 Å². The van der Waals surface area contributed by atoms with Crippen molar-refractivity contribution in [3.8, 4) is 0 Å². The van der Waals surface area contributed by atoms with Crippen LogP contribution in [0.1, 0.15) is 5.56 Å². The second kappa shape index (κ2) is 6.62. The molecule has 1 nitrogen and oxygen atoms in total. The van der Waals surface area contributed by atoms with Crippen molar-refractivity contribution in [3.05, 3.63) is 57.5 Å². The minimum atomic E-state index is 0.663. The van der Waals surface area contributed by atoms with Gasteiger partial charge in [-0.1, -0.05) is 45.4 Å². The van der Waals surface area contributed by atoms with Crippen molar-refractivity contribution < 1.29 is 0 Å². The molecule has 0 fully saturated rings. The fourth-order valence-corrected chi connectivity index (χ4v) is 3.27. The Morgan fingerprint density at radius 2 is 1.83 bits per heavy atom. The Kier molecular flexibility index (Phi) is 5.13. The first-order chi connectivity index (χ1) is 8.69. The van der Waals surface area contributed by atoms with Gasteiger partial charge in [-0.2, -0.15) is 0 Å². The molecule has 0 aliphatic rings. The summed E-state index contributed by atoms with van der Waals surface area (Å²) in [6.45, 7) is 0.663. The molecule has 0 aliphatic carbocycles. The van der Waals surface area contributed by atoms with E-state index in [1.807, 2.05) is 24.3 Å². The highest BCUT2D eigenvalue weighted by Crippen LogP contribution is 2.33. The fraction of sp³-hybridized carbons (Fsp3) is 0.143. The van der Waals surface area contributed by atoms with Gasteiger partial charge in [0, 0.05) is 19.3 Å². The van der Waals surface area contributed by atoms with Crippen LogP contribution < -0.4 is 5.73 Å². The molecule has 2 N–H and O–H groups in total. The van der Waals surface area contributed by atoms with Crippen LogP contribution in [0, 0.1) is 0 Å². The van der Waals surface area contributed by atoms with Gasteiger partial charge in [-0.05, 0) is 54.9 Å². The van der Waals surface area contributed by atoms with Crippen LogP contribution in [0.15, 0.2) is 56.7 Å². The standard InChI is InChI=1S/C14H13BrClNS/c15-11-2-1-10(7-8-17)14(9-11)18-13-5-3-12(16)4-6-13/h1-6,9H,7-8,17H2. The van der Waals surface area contributed by atoms with E-state index in [2.05, 4.69) is 34.1 Å². The van der Waals surface area contributed by atoms with E-state index in [-0.39, 0.29) is 0 Å². The number of halogens is 2. The smallest absolute Gasteiger partial charge is 0.0406 e. The van der Waals surface area contributed by atoms with E-state index in [4.69, 9.17) is 17.3 Å². The van der Waals surface area contributed by atoms with E-state index in [9.17, 15) is 0 Å². The minimum Gasteiger partial charge on any atom is -0.330 e. The molecule has 0 spiro atoms. The lowest BCUT2D eigenvalue weighted by atomic mass is 10.1. The van der Waals surface area contributed by atoms with Gasteiger partial charge < -0.3 is 5.73 Å². The first kappa shape index (κ1) is 13.9. The molecule has 0 bridgehead atoms. The van der Waals surface area contributed by atoms with Crippen LogP contribution in [0.3, 0.4) is 0 Å². The average molecular weight is 343 g/mol. The Balaban J connectivity index is 2.26. The highest BCUT2D eigenvalue weighted by molar-refractivity contribution is 9.10. The zero-order valence-electron chi connectivity index (χ0n) is 9.70. The predicted molar refractivity (Wildman–Crippen MR) is 82.5 cm³/mol. The van der Waals surface area contributed by atoms with Crippen molar-refractivity contribution in [2.45, 2.75) is 16.2 Å². The molecule has 0 saturated heterocycles. The second-order valence-electron chi connectivity index (χ2n) is 3.85. The van der Waals surface area contributed by atoms with Crippen molar-refractivity contribution in [1.29, 1.82) is 0 Å². The van der Waals surface area contributed by atoms with E-state index < -0.39 is 0 Å². The van der Waals surface area contributed by atoms with Crippen molar-refractivity contribution >= 4 is 39.3 Å². The summed E-state index contributed by atoms with van der Waals surface area (Å²) >= 11 is 11.1. The van der Waals surface area contributed by atoms with Crippen LogP contribution >= 0.6 is 39.3 Å². The summed E-state index contributed by atoms with van der Waals surface area (Å²) in [5.41, 5.74) is 6.92. The number of rotatable bonds is 4. The van der Waals surface area contributed by atoms with Gasteiger partial charge in [0.1, 0.15) is 0 Å². The Bertz CT molecular complexity index is 528. The summed E-state index contributed by atoms with van der Waals surface area (Å²) in [6.07, 6.45) is 0.892. The quantitative estimate of drug-likeness (QED) is 0.867. The molecule has 0 radical (unpaired) electrons. The molecule has 0 amide bonds. The molecule has 0 aromatic heterocycles. The van der Waals surface area contributed by atoms with Gasteiger partial charge >= 0.3 is 0 Å². The monoisotopic (exact) mass is 341 g/mol. The van der Waals surface area contributed by atoms with Gasteiger partial charge in [0.05, 0.1) is 0 Å². The third kappa shape index (κ3) is 3.75. The van der Waals surface area contributed by atoms with Gasteiger partial charge in [0.15, 0.2) is 0 Å². The molecule has 0 aliphatic heterocycles. The summed E-state index contributed by atoms with van der Waals surface area (Å²) in [5.74, 6) is 0. The SMILES string of the molecule is NCCc1ccc(Br)cc1Sc1ccc(Cl)cc1. The van der Waals surface area contributed by atoms with Crippen molar-refractivity contribution in [2.75, 3.05) is 6.54 Å². The van der Waals surface area contributed by atoms with Crippen molar-refractivity contribution in [2.24, 2.45) is 5.73 Å². The summed E-state index contributed by atoms with van der Waals surface area (Å²) in [4.78, 5) is 2.41. The highest BCUT2D eigenvalue weighted by Gasteiger charge is 2.05. The maximum Gasteiger partial charge on any atom is 0.0406 e. The normalized spacial score (nSPS) is 10.6. The second-order valence-corrected chi connectivity index (χ2v) is 6.31. The number of benzene rings is 2. The summed E-state index contributed by atoms with van der Waals surface area (Å²) in [7, 11) is 0. The number of nitrogens with two attached hydrogens (primary N) is 1.